The van der Waals surface area contributed by atoms with Crippen LogP contribution in [0.4, 0.5) is 5.69 Å². The standard InChI is InChI=1S/C16H16ClN3O2S/c17-14-6-5-13(23-14)16(22)20-9-7-19(8-10-20)12-3-1-11(2-4-12)15(18)21/h1-6H,7-10H2,(H2,18,21). The Hall–Kier alpha value is -2.05. The fourth-order valence-electron chi connectivity index (χ4n) is 2.59. The Morgan fingerprint density at radius 3 is 2.17 bits per heavy atom. The van der Waals surface area contributed by atoms with Gasteiger partial charge in [0.15, 0.2) is 0 Å². The first-order chi connectivity index (χ1) is 11.0. The second-order valence-electron chi connectivity index (χ2n) is 5.29. The molecule has 120 valence electrons. The van der Waals surface area contributed by atoms with Crippen molar-refractivity contribution in [3.05, 3.63) is 51.2 Å². The molecule has 1 aliphatic heterocycles. The summed E-state index contributed by atoms with van der Waals surface area (Å²) in [5.74, 6) is -0.396. The molecule has 23 heavy (non-hydrogen) atoms. The van der Waals surface area contributed by atoms with Gasteiger partial charge in [0, 0.05) is 37.4 Å². The number of halogens is 1. The van der Waals surface area contributed by atoms with E-state index in [1.165, 1.54) is 11.3 Å². The van der Waals surface area contributed by atoms with E-state index in [0.717, 1.165) is 18.8 Å². The number of piperazine rings is 1. The van der Waals surface area contributed by atoms with Gasteiger partial charge in [0.25, 0.3) is 5.91 Å². The van der Waals surface area contributed by atoms with Gasteiger partial charge in [-0.05, 0) is 36.4 Å². The summed E-state index contributed by atoms with van der Waals surface area (Å²) >= 11 is 7.20. The molecule has 1 aromatic heterocycles. The number of nitrogens with two attached hydrogens (primary N) is 1. The van der Waals surface area contributed by atoms with Crippen LogP contribution in [0.15, 0.2) is 36.4 Å². The van der Waals surface area contributed by atoms with E-state index in [4.69, 9.17) is 17.3 Å². The van der Waals surface area contributed by atoms with Crippen LogP contribution in [0, 0.1) is 0 Å². The predicted octanol–water partition coefficient (Wildman–Crippen LogP) is 2.46. The van der Waals surface area contributed by atoms with Gasteiger partial charge in [-0.1, -0.05) is 11.6 Å². The zero-order valence-electron chi connectivity index (χ0n) is 12.4. The van der Waals surface area contributed by atoms with Crippen molar-refractivity contribution in [2.24, 2.45) is 5.73 Å². The maximum absolute atomic E-state index is 12.4. The number of nitrogens with zero attached hydrogens (tertiary/aromatic N) is 2. The van der Waals surface area contributed by atoms with Gasteiger partial charge < -0.3 is 15.5 Å². The molecule has 3 rings (SSSR count). The molecular weight excluding hydrogens is 334 g/mol. The van der Waals surface area contributed by atoms with Crippen LogP contribution in [-0.2, 0) is 0 Å². The van der Waals surface area contributed by atoms with Crippen molar-refractivity contribution in [1.29, 1.82) is 0 Å². The van der Waals surface area contributed by atoms with Crippen molar-refractivity contribution in [2.45, 2.75) is 0 Å². The highest BCUT2D eigenvalue weighted by Crippen LogP contribution is 2.24. The Kier molecular flexibility index (Phi) is 4.54. The third-order valence-corrected chi connectivity index (χ3v) is 5.09. The van der Waals surface area contributed by atoms with E-state index in [1.54, 1.807) is 24.3 Å². The number of anilines is 1. The predicted molar refractivity (Wildman–Crippen MR) is 92.4 cm³/mol. The zero-order chi connectivity index (χ0) is 16.4. The summed E-state index contributed by atoms with van der Waals surface area (Å²) in [5.41, 5.74) is 6.77. The van der Waals surface area contributed by atoms with Crippen LogP contribution in [0.3, 0.4) is 0 Å². The molecule has 2 aromatic rings. The van der Waals surface area contributed by atoms with Crippen molar-refractivity contribution in [1.82, 2.24) is 4.90 Å². The Balaban J connectivity index is 1.61. The van der Waals surface area contributed by atoms with E-state index in [-0.39, 0.29) is 5.91 Å². The lowest BCUT2D eigenvalue weighted by Gasteiger charge is -2.36. The van der Waals surface area contributed by atoms with Crippen molar-refractivity contribution in [3.8, 4) is 0 Å². The highest BCUT2D eigenvalue weighted by molar-refractivity contribution is 7.17. The van der Waals surface area contributed by atoms with E-state index < -0.39 is 5.91 Å². The third-order valence-electron chi connectivity index (χ3n) is 3.87. The highest BCUT2D eigenvalue weighted by Gasteiger charge is 2.23. The van der Waals surface area contributed by atoms with E-state index in [0.29, 0.717) is 27.9 Å². The molecular formula is C16H16ClN3O2S. The van der Waals surface area contributed by atoms with Crippen LogP contribution < -0.4 is 10.6 Å². The molecule has 7 heteroatoms. The molecule has 1 saturated heterocycles. The van der Waals surface area contributed by atoms with Crippen molar-refractivity contribution < 1.29 is 9.59 Å². The van der Waals surface area contributed by atoms with E-state index >= 15 is 0 Å². The first-order valence-corrected chi connectivity index (χ1v) is 8.43. The lowest BCUT2D eigenvalue weighted by atomic mass is 10.1. The minimum absolute atomic E-state index is 0.0330. The van der Waals surface area contributed by atoms with Crippen molar-refractivity contribution in [2.75, 3.05) is 31.1 Å². The summed E-state index contributed by atoms with van der Waals surface area (Å²) in [4.78, 5) is 28.2. The number of thiophene rings is 1. The SMILES string of the molecule is NC(=O)c1ccc(N2CCN(C(=O)c3ccc(Cl)s3)CC2)cc1. The van der Waals surface area contributed by atoms with Crippen LogP contribution in [0.1, 0.15) is 20.0 Å². The summed E-state index contributed by atoms with van der Waals surface area (Å²) in [6, 6.07) is 10.7. The molecule has 0 radical (unpaired) electrons. The van der Waals surface area contributed by atoms with Gasteiger partial charge >= 0.3 is 0 Å². The molecule has 2 N–H and O–H groups in total. The topological polar surface area (TPSA) is 66.6 Å². The van der Waals surface area contributed by atoms with E-state index in [9.17, 15) is 9.59 Å². The average Bonchev–Trinajstić information content (AvgIpc) is 3.01. The minimum Gasteiger partial charge on any atom is -0.368 e. The van der Waals surface area contributed by atoms with Crippen LogP contribution in [0.5, 0.6) is 0 Å². The summed E-state index contributed by atoms with van der Waals surface area (Å²) in [6.07, 6.45) is 0. The lowest BCUT2D eigenvalue weighted by molar-refractivity contribution is 0.0751. The molecule has 0 bridgehead atoms. The maximum atomic E-state index is 12.4. The molecule has 5 nitrogen and oxygen atoms in total. The number of rotatable bonds is 3. The average molecular weight is 350 g/mol. The number of carbonyl (C=O) groups is 2. The molecule has 0 unspecified atom stereocenters. The zero-order valence-corrected chi connectivity index (χ0v) is 13.9. The molecule has 0 aliphatic carbocycles. The number of benzene rings is 1. The molecule has 1 fully saturated rings. The Morgan fingerprint density at radius 2 is 1.65 bits per heavy atom. The minimum atomic E-state index is -0.429. The van der Waals surface area contributed by atoms with Gasteiger partial charge in [0.05, 0.1) is 9.21 Å². The molecule has 0 spiro atoms. The Morgan fingerprint density at radius 1 is 1.00 bits per heavy atom. The fourth-order valence-corrected chi connectivity index (χ4v) is 3.60. The van der Waals surface area contributed by atoms with Crippen LogP contribution >= 0.6 is 22.9 Å². The van der Waals surface area contributed by atoms with Gasteiger partial charge in [-0.2, -0.15) is 0 Å². The third kappa shape index (κ3) is 3.48. The Labute approximate surface area is 143 Å². The first kappa shape index (κ1) is 15.8. The van der Waals surface area contributed by atoms with Gasteiger partial charge in [0.1, 0.15) is 0 Å². The smallest absolute Gasteiger partial charge is 0.264 e. The number of hydrogen-bond donors (Lipinski definition) is 1. The van der Waals surface area contributed by atoms with Gasteiger partial charge in [-0.3, -0.25) is 9.59 Å². The van der Waals surface area contributed by atoms with Crippen LogP contribution in [0.25, 0.3) is 0 Å². The molecule has 0 atom stereocenters. The van der Waals surface area contributed by atoms with E-state index in [1.807, 2.05) is 17.0 Å². The summed E-state index contributed by atoms with van der Waals surface area (Å²) in [5, 5.41) is 0. The maximum Gasteiger partial charge on any atom is 0.264 e. The molecule has 2 heterocycles. The summed E-state index contributed by atoms with van der Waals surface area (Å²) in [6.45, 7) is 2.82. The summed E-state index contributed by atoms with van der Waals surface area (Å²) in [7, 11) is 0. The largest absolute Gasteiger partial charge is 0.368 e. The quantitative estimate of drug-likeness (QED) is 0.925. The molecule has 1 aromatic carbocycles. The monoisotopic (exact) mass is 349 g/mol. The van der Waals surface area contributed by atoms with Crippen molar-refractivity contribution >= 4 is 40.4 Å². The lowest BCUT2D eigenvalue weighted by Crippen LogP contribution is -2.48. The van der Waals surface area contributed by atoms with Gasteiger partial charge in [-0.25, -0.2) is 0 Å². The number of hydrogen-bond acceptors (Lipinski definition) is 4. The second-order valence-corrected chi connectivity index (χ2v) is 7.01. The van der Waals surface area contributed by atoms with E-state index in [2.05, 4.69) is 4.90 Å². The number of primary amides is 1. The first-order valence-electron chi connectivity index (χ1n) is 7.24. The fraction of sp³-hybridized carbons (Fsp3) is 0.250. The highest BCUT2D eigenvalue weighted by atomic mass is 35.5. The van der Waals surface area contributed by atoms with Crippen LogP contribution in [-0.4, -0.2) is 42.9 Å². The number of amides is 2. The van der Waals surface area contributed by atoms with Crippen LogP contribution in [0.2, 0.25) is 4.34 Å². The van der Waals surface area contributed by atoms with Gasteiger partial charge in [0.2, 0.25) is 5.91 Å². The molecule has 2 amide bonds. The number of carbonyl (C=O) groups excluding carboxylic acids is 2. The second kappa shape index (κ2) is 6.60. The van der Waals surface area contributed by atoms with Crippen molar-refractivity contribution in [3.63, 3.8) is 0 Å². The summed E-state index contributed by atoms with van der Waals surface area (Å²) < 4.78 is 0.626. The Bertz CT molecular complexity index is 721. The molecule has 0 saturated carbocycles. The molecule has 1 aliphatic rings. The normalized spacial score (nSPS) is 14.8. The van der Waals surface area contributed by atoms with Gasteiger partial charge in [-0.15, -0.1) is 11.3 Å².